The average molecular weight is 263 g/mol. The molecule has 94 valence electrons. The topological polar surface area (TPSA) is 63.2 Å². The Bertz CT molecular complexity index is 720. The van der Waals surface area contributed by atoms with Crippen LogP contribution in [0.5, 0.6) is 0 Å². The van der Waals surface area contributed by atoms with Crippen molar-refractivity contribution in [1.82, 2.24) is 0 Å². The number of nitrogens with one attached hydrogen (secondary N) is 1. The number of hydrogen-bond donors (Lipinski definition) is 1. The number of anilines is 1. The molecule has 0 aromatic heterocycles. The molecule has 5 heteroatoms. The minimum Gasteiger partial charge on any atom is -0.326 e. The van der Waals surface area contributed by atoms with Crippen LogP contribution >= 0.6 is 0 Å². The molecule has 0 aliphatic carbocycles. The predicted molar refractivity (Wildman–Crippen MR) is 71.4 cm³/mol. The van der Waals surface area contributed by atoms with Crippen LogP contribution in [-0.4, -0.2) is 20.6 Å². The number of sulfone groups is 1. The second-order valence-corrected chi connectivity index (χ2v) is 6.19. The quantitative estimate of drug-likeness (QED) is 0.903. The summed E-state index contributed by atoms with van der Waals surface area (Å²) < 4.78 is 22.9. The van der Waals surface area contributed by atoms with Crippen LogP contribution in [0.15, 0.2) is 41.3 Å². The van der Waals surface area contributed by atoms with Crippen LogP contribution in [0.3, 0.4) is 0 Å². The van der Waals surface area contributed by atoms with Crippen LogP contribution < -0.4 is 5.32 Å². The molecule has 0 aliphatic rings. The van der Waals surface area contributed by atoms with Crippen molar-refractivity contribution in [3.8, 4) is 0 Å². The molecule has 4 nitrogen and oxygen atoms in total. The van der Waals surface area contributed by atoms with Gasteiger partial charge < -0.3 is 5.32 Å². The third-order valence-corrected chi connectivity index (χ3v) is 3.67. The number of benzene rings is 2. The molecule has 1 amide bonds. The standard InChI is InChI=1S/C13H13NO3S/c1-9(15)14-12-5-3-11-8-13(18(2,16)17)6-4-10(11)7-12/h3-8H,1-2H3,(H,14,15). The Morgan fingerprint density at radius 1 is 1.06 bits per heavy atom. The summed E-state index contributed by atoms with van der Waals surface area (Å²) in [6.45, 7) is 1.44. The molecule has 0 radical (unpaired) electrons. The molecule has 1 N–H and O–H groups in total. The van der Waals surface area contributed by atoms with E-state index in [1.54, 1.807) is 30.3 Å². The Kier molecular flexibility index (Phi) is 3.09. The lowest BCUT2D eigenvalue weighted by Crippen LogP contribution is -2.05. The van der Waals surface area contributed by atoms with Gasteiger partial charge in [0.1, 0.15) is 0 Å². The summed E-state index contributed by atoms with van der Waals surface area (Å²) in [5.74, 6) is -0.137. The van der Waals surface area contributed by atoms with Crippen molar-refractivity contribution in [1.29, 1.82) is 0 Å². The summed E-state index contributed by atoms with van der Waals surface area (Å²) >= 11 is 0. The molecular weight excluding hydrogens is 250 g/mol. The number of amides is 1. The monoisotopic (exact) mass is 263 g/mol. The van der Waals surface area contributed by atoms with Crippen LogP contribution in [0.1, 0.15) is 6.92 Å². The Hall–Kier alpha value is -1.88. The van der Waals surface area contributed by atoms with E-state index >= 15 is 0 Å². The molecule has 2 rings (SSSR count). The first-order chi connectivity index (χ1) is 8.36. The van der Waals surface area contributed by atoms with Crippen molar-refractivity contribution in [2.24, 2.45) is 0 Å². The highest BCUT2D eigenvalue weighted by molar-refractivity contribution is 7.90. The summed E-state index contributed by atoms with van der Waals surface area (Å²) in [5.41, 5.74) is 0.696. The molecular formula is C13H13NO3S. The van der Waals surface area contributed by atoms with E-state index in [-0.39, 0.29) is 5.91 Å². The molecule has 0 unspecified atom stereocenters. The van der Waals surface area contributed by atoms with Crippen LogP contribution in [0.25, 0.3) is 10.8 Å². The fourth-order valence-corrected chi connectivity index (χ4v) is 2.39. The van der Waals surface area contributed by atoms with Crippen molar-refractivity contribution >= 4 is 32.2 Å². The van der Waals surface area contributed by atoms with Gasteiger partial charge in [-0.3, -0.25) is 4.79 Å². The van der Waals surface area contributed by atoms with E-state index in [2.05, 4.69) is 5.32 Å². The fraction of sp³-hybridized carbons (Fsp3) is 0.154. The lowest BCUT2D eigenvalue weighted by molar-refractivity contribution is -0.114. The molecule has 0 aliphatic heterocycles. The van der Waals surface area contributed by atoms with Crippen molar-refractivity contribution in [2.45, 2.75) is 11.8 Å². The zero-order valence-electron chi connectivity index (χ0n) is 10.1. The molecule has 2 aromatic rings. The van der Waals surface area contributed by atoms with Gasteiger partial charge in [0, 0.05) is 18.9 Å². The number of hydrogen-bond acceptors (Lipinski definition) is 3. The first-order valence-electron chi connectivity index (χ1n) is 5.38. The van der Waals surface area contributed by atoms with E-state index in [1.807, 2.05) is 6.07 Å². The van der Waals surface area contributed by atoms with Crippen molar-refractivity contribution < 1.29 is 13.2 Å². The maximum atomic E-state index is 11.4. The van der Waals surface area contributed by atoms with Gasteiger partial charge in [0.05, 0.1) is 4.90 Å². The van der Waals surface area contributed by atoms with E-state index in [0.717, 1.165) is 10.8 Å². The van der Waals surface area contributed by atoms with E-state index in [4.69, 9.17) is 0 Å². The molecule has 2 aromatic carbocycles. The van der Waals surface area contributed by atoms with Gasteiger partial charge in [0.2, 0.25) is 5.91 Å². The molecule has 0 atom stereocenters. The Morgan fingerprint density at radius 3 is 2.28 bits per heavy atom. The summed E-state index contributed by atoms with van der Waals surface area (Å²) in [5, 5.41) is 4.39. The number of fused-ring (bicyclic) bond motifs is 1. The van der Waals surface area contributed by atoms with Crippen molar-refractivity contribution in [2.75, 3.05) is 11.6 Å². The van der Waals surface area contributed by atoms with Gasteiger partial charge >= 0.3 is 0 Å². The van der Waals surface area contributed by atoms with Gasteiger partial charge in [-0.2, -0.15) is 0 Å². The predicted octanol–water partition coefficient (Wildman–Crippen LogP) is 2.20. The number of rotatable bonds is 2. The third kappa shape index (κ3) is 2.68. The molecule has 0 saturated carbocycles. The fourth-order valence-electron chi connectivity index (χ4n) is 1.74. The molecule has 0 spiro atoms. The molecule has 0 fully saturated rings. The number of carbonyl (C=O) groups is 1. The normalized spacial score (nSPS) is 11.4. The molecule has 0 heterocycles. The van der Waals surface area contributed by atoms with Gasteiger partial charge in [-0.15, -0.1) is 0 Å². The Morgan fingerprint density at radius 2 is 1.67 bits per heavy atom. The average Bonchev–Trinajstić information content (AvgIpc) is 2.26. The summed E-state index contributed by atoms with van der Waals surface area (Å²) in [6, 6.07) is 10.3. The Balaban J connectivity index is 2.52. The zero-order chi connectivity index (χ0) is 13.3. The lowest BCUT2D eigenvalue weighted by atomic mass is 10.1. The zero-order valence-corrected chi connectivity index (χ0v) is 10.9. The minimum atomic E-state index is -3.19. The van der Waals surface area contributed by atoms with Crippen LogP contribution in [-0.2, 0) is 14.6 Å². The molecule has 0 saturated heterocycles. The first kappa shape index (κ1) is 12.6. The highest BCUT2D eigenvalue weighted by Crippen LogP contribution is 2.22. The van der Waals surface area contributed by atoms with E-state index < -0.39 is 9.84 Å². The second-order valence-electron chi connectivity index (χ2n) is 4.18. The summed E-state index contributed by atoms with van der Waals surface area (Å²) in [6.07, 6.45) is 1.18. The first-order valence-corrected chi connectivity index (χ1v) is 7.27. The smallest absolute Gasteiger partial charge is 0.221 e. The van der Waals surface area contributed by atoms with Crippen LogP contribution in [0, 0.1) is 0 Å². The SMILES string of the molecule is CC(=O)Nc1ccc2cc(S(C)(=O)=O)ccc2c1. The Labute approximate surface area is 106 Å². The minimum absolute atomic E-state index is 0.137. The van der Waals surface area contributed by atoms with Crippen LogP contribution in [0.4, 0.5) is 5.69 Å². The van der Waals surface area contributed by atoms with Gasteiger partial charge in [0.25, 0.3) is 0 Å². The highest BCUT2D eigenvalue weighted by atomic mass is 32.2. The van der Waals surface area contributed by atoms with E-state index in [1.165, 1.54) is 13.2 Å². The largest absolute Gasteiger partial charge is 0.326 e. The van der Waals surface area contributed by atoms with Gasteiger partial charge in [-0.05, 0) is 35.0 Å². The van der Waals surface area contributed by atoms with E-state index in [9.17, 15) is 13.2 Å². The maximum Gasteiger partial charge on any atom is 0.221 e. The lowest BCUT2D eigenvalue weighted by Gasteiger charge is -2.05. The van der Waals surface area contributed by atoms with Gasteiger partial charge in [-0.25, -0.2) is 8.42 Å². The summed E-state index contributed by atoms with van der Waals surface area (Å²) in [4.78, 5) is 11.2. The molecule has 18 heavy (non-hydrogen) atoms. The van der Waals surface area contributed by atoms with Gasteiger partial charge in [-0.1, -0.05) is 12.1 Å². The second kappa shape index (κ2) is 4.42. The number of carbonyl (C=O) groups excluding carboxylic acids is 1. The van der Waals surface area contributed by atoms with Gasteiger partial charge in [0.15, 0.2) is 9.84 Å². The van der Waals surface area contributed by atoms with Crippen molar-refractivity contribution in [3.05, 3.63) is 36.4 Å². The van der Waals surface area contributed by atoms with E-state index in [0.29, 0.717) is 10.6 Å². The maximum absolute atomic E-state index is 11.4. The van der Waals surface area contributed by atoms with Crippen molar-refractivity contribution in [3.63, 3.8) is 0 Å². The van der Waals surface area contributed by atoms with Crippen LogP contribution in [0.2, 0.25) is 0 Å². The third-order valence-electron chi connectivity index (χ3n) is 2.56. The molecule has 0 bridgehead atoms. The summed E-state index contributed by atoms with van der Waals surface area (Å²) in [7, 11) is -3.19. The highest BCUT2D eigenvalue weighted by Gasteiger charge is 2.07.